The molecule has 0 unspecified atom stereocenters. The van der Waals surface area contributed by atoms with Gasteiger partial charge in [-0.05, 0) is 24.2 Å². The van der Waals surface area contributed by atoms with Crippen LogP contribution in [0.4, 0.5) is 0 Å². The number of aryl methyl sites for hydroxylation is 1. The second-order valence-electron chi connectivity index (χ2n) is 4.01. The molecule has 1 aromatic heterocycles. The maximum Gasteiger partial charge on any atom is 0.112 e. The molecule has 90 valence electrons. The van der Waals surface area contributed by atoms with Gasteiger partial charge >= 0.3 is 0 Å². The molecule has 0 saturated carbocycles. The van der Waals surface area contributed by atoms with Crippen molar-refractivity contribution >= 4 is 0 Å². The molecule has 2 rings (SSSR count). The fourth-order valence-corrected chi connectivity index (χ4v) is 1.87. The van der Waals surface area contributed by atoms with E-state index in [4.69, 9.17) is 0 Å². The first-order chi connectivity index (χ1) is 8.35. The van der Waals surface area contributed by atoms with E-state index in [0.717, 1.165) is 25.3 Å². The van der Waals surface area contributed by atoms with Crippen LogP contribution >= 0.6 is 0 Å². The van der Waals surface area contributed by atoms with Crippen molar-refractivity contribution in [1.82, 2.24) is 14.9 Å². The second-order valence-corrected chi connectivity index (χ2v) is 4.01. The van der Waals surface area contributed by atoms with Gasteiger partial charge in [0.15, 0.2) is 0 Å². The van der Waals surface area contributed by atoms with Crippen LogP contribution in [0.2, 0.25) is 0 Å². The molecule has 17 heavy (non-hydrogen) atoms. The summed E-state index contributed by atoms with van der Waals surface area (Å²) in [6.45, 7) is 6.18. The van der Waals surface area contributed by atoms with Gasteiger partial charge in [0, 0.05) is 31.0 Å². The van der Waals surface area contributed by atoms with Crippen LogP contribution in [-0.2, 0) is 13.0 Å². The van der Waals surface area contributed by atoms with Crippen LogP contribution in [-0.4, -0.2) is 16.1 Å². The molecule has 0 aliphatic rings. The maximum absolute atomic E-state index is 4.33. The van der Waals surface area contributed by atoms with Crippen molar-refractivity contribution in [3.05, 3.63) is 48.0 Å². The predicted molar refractivity (Wildman–Crippen MR) is 70.3 cm³/mol. The standard InChI is InChI=1S/C14H19N3/c1-3-14-16-9-10-17(14)13-7-5-12(6-8-13)11-15-4-2/h5-10,15H,3-4,11H2,1-2H3. The largest absolute Gasteiger partial charge is 0.313 e. The van der Waals surface area contributed by atoms with Crippen molar-refractivity contribution in [2.45, 2.75) is 26.8 Å². The summed E-state index contributed by atoms with van der Waals surface area (Å²) in [4.78, 5) is 4.33. The van der Waals surface area contributed by atoms with Gasteiger partial charge in [0.1, 0.15) is 5.82 Å². The molecule has 0 atom stereocenters. The van der Waals surface area contributed by atoms with Crippen LogP contribution in [0.3, 0.4) is 0 Å². The number of hydrogen-bond donors (Lipinski definition) is 1. The number of aromatic nitrogens is 2. The Morgan fingerprint density at radius 3 is 2.59 bits per heavy atom. The first-order valence-corrected chi connectivity index (χ1v) is 6.17. The Labute approximate surface area is 103 Å². The van der Waals surface area contributed by atoms with E-state index in [-0.39, 0.29) is 0 Å². The van der Waals surface area contributed by atoms with Crippen LogP contribution < -0.4 is 5.32 Å². The maximum atomic E-state index is 4.33. The fourth-order valence-electron chi connectivity index (χ4n) is 1.87. The lowest BCUT2D eigenvalue weighted by Gasteiger charge is -2.08. The molecule has 3 nitrogen and oxygen atoms in total. The molecule has 0 spiro atoms. The lowest BCUT2D eigenvalue weighted by Crippen LogP contribution is -2.11. The van der Waals surface area contributed by atoms with Crippen LogP contribution in [0.1, 0.15) is 25.2 Å². The van der Waals surface area contributed by atoms with E-state index in [1.165, 1.54) is 11.3 Å². The summed E-state index contributed by atoms with van der Waals surface area (Å²) in [5, 5.41) is 3.32. The first kappa shape index (κ1) is 11.9. The van der Waals surface area contributed by atoms with Crippen LogP contribution in [0.5, 0.6) is 0 Å². The number of benzene rings is 1. The molecular formula is C14H19N3. The molecule has 1 heterocycles. The van der Waals surface area contributed by atoms with E-state index < -0.39 is 0 Å². The Morgan fingerprint density at radius 1 is 1.18 bits per heavy atom. The van der Waals surface area contributed by atoms with Gasteiger partial charge in [0.2, 0.25) is 0 Å². The van der Waals surface area contributed by atoms with Crippen molar-refractivity contribution < 1.29 is 0 Å². The molecule has 0 aliphatic heterocycles. The third kappa shape index (κ3) is 2.74. The van der Waals surface area contributed by atoms with E-state index in [1.54, 1.807) is 0 Å². The highest BCUT2D eigenvalue weighted by atomic mass is 15.1. The molecule has 0 radical (unpaired) electrons. The number of hydrogen-bond acceptors (Lipinski definition) is 2. The number of rotatable bonds is 5. The topological polar surface area (TPSA) is 29.9 Å². The summed E-state index contributed by atoms with van der Waals surface area (Å²) < 4.78 is 2.14. The van der Waals surface area contributed by atoms with Gasteiger partial charge in [0.05, 0.1) is 0 Å². The van der Waals surface area contributed by atoms with Gasteiger partial charge in [0.25, 0.3) is 0 Å². The Hall–Kier alpha value is -1.61. The summed E-state index contributed by atoms with van der Waals surface area (Å²) in [7, 11) is 0. The van der Waals surface area contributed by atoms with E-state index in [9.17, 15) is 0 Å². The van der Waals surface area contributed by atoms with E-state index in [2.05, 4.69) is 53.0 Å². The Morgan fingerprint density at radius 2 is 1.94 bits per heavy atom. The quantitative estimate of drug-likeness (QED) is 0.854. The van der Waals surface area contributed by atoms with Crippen molar-refractivity contribution in [3.63, 3.8) is 0 Å². The van der Waals surface area contributed by atoms with Gasteiger partial charge in [-0.3, -0.25) is 0 Å². The fraction of sp³-hybridized carbons (Fsp3) is 0.357. The summed E-state index contributed by atoms with van der Waals surface area (Å²) >= 11 is 0. The second kappa shape index (κ2) is 5.64. The molecule has 0 fully saturated rings. The SMILES string of the molecule is CCNCc1ccc(-n2ccnc2CC)cc1. The van der Waals surface area contributed by atoms with Crippen molar-refractivity contribution in [2.75, 3.05) is 6.54 Å². The average Bonchev–Trinajstić information content (AvgIpc) is 2.85. The van der Waals surface area contributed by atoms with E-state index in [1.807, 2.05) is 12.4 Å². The highest BCUT2D eigenvalue weighted by Crippen LogP contribution is 2.12. The van der Waals surface area contributed by atoms with Crippen molar-refractivity contribution in [1.29, 1.82) is 0 Å². The monoisotopic (exact) mass is 229 g/mol. The van der Waals surface area contributed by atoms with Gasteiger partial charge in [-0.25, -0.2) is 4.98 Å². The smallest absolute Gasteiger partial charge is 0.112 e. The minimum Gasteiger partial charge on any atom is -0.313 e. The number of imidazole rings is 1. The number of nitrogens with zero attached hydrogens (tertiary/aromatic N) is 2. The molecule has 3 heteroatoms. The minimum atomic E-state index is 0.932. The van der Waals surface area contributed by atoms with Gasteiger partial charge < -0.3 is 9.88 Å². The highest BCUT2D eigenvalue weighted by molar-refractivity contribution is 5.35. The molecule has 0 amide bonds. The van der Waals surface area contributed by atoms with Crippen LogP contribution in [0.25, 0.3) is 5.69 Å². The summed E-state index contributed by atoms with van der Waals surface area (Å²) in [5.74, 6) is 1.10. The molecular weight excluding hydrogens is 210 g/mol. The summed E-state index contributed by atoms with van der Waals surface area (Å²) in [6, 6.07) is 8.62. The van der Waals surface area contributed by atoms with Crippen LogP contribution in [0.15, 0.2) is 36.7 Å². The third-order valence-corrected chi connectivity index (χ3v) is 2.83. The highest BCUT2D eigenvalue weighted by Gasteiger charge is 2.02. The van der Waals surface area contributed by atoms with Crippen molar-refractivity contribution in [2.24, 2.45) is 0 Å². The van der Waals surface area contributed by atoms with E-state index >= 15 is 0 Å². The summed E-state index contributed by atoms with van der Waals surface area (Å²) in [6.07, 6.45) is 4.82. The Bertz CT molecular complexity index is 457. The molecule has 2 aromatic rings. The normalized spacial score (nSPS) is 10.7. The molecule has 0 saturated heterocycles. The zero-order valence-electron chi connectivity index (χ0n) is 10.5. The Balaban J connectivity index is 2.17. The molecule has 1 N–H and O–H groups in total. The van der Waals surface area contributed by atoms with Gasteiger partial charge in [-0.15, -0.1) is 0 Å². The molecule has 0 aliphatic carbocycles. The lowest BCUT2D eigenvalue weighted by atomic mass is 10.2. The Kier molecular flexibility index (Phi) is 3.94. The molecule has 0 bridgehead atoms. The molecule has 1 aromatic carbocycles. The van der Waals surface area contributed by atoms with Crippen molar-refractivity contribution in [3.8, 4) is 5.69 Å². The van der Waals surface area contributed by atoms with Crippen LogP contribution in [0, 0.1) is 0 Å². The lowest BCUT2D eigenvalue weighted by molar-refractivity contribution is 0.726. The van der Waals surface area contributed by atoms with Gasteiger partial charge in [-0.1, -0.05) is 26.0 Å². The van der Waals surface area contributed by atoms with E-state index in [0.29, 0.717) is 0 Å². The third-order valence-electron chi connectivity index (χ3n) is 2.83. The first-order valence-electron chi connectivity index (χ1n) is 6.17. The average molecular weight is 229 g/mol. The number of nitrogens with one attached hydrogen (secondary N) is 1. The summed E-state index contributed by atoms with van der Waals surface area (Å²) in [5.41, 5.74) is 2.49. The zero-order valence-corrected chi connectivity index (χ0v) is 10.5. The predicted octanol–water partition coefficient (Wildman–Crippen LogP) is 2.54. The van der Waals surface area contributed by atoms with Gasteiger partial charge in [-0.2, -0.15) is 0 Å². The zero-order chi connectivity index (χ0) is 12.1. The minimum absolute atomic E-state index is 0.932.